The summed E-state index contributed by atoms with van der Waals surface area (Å²) in [6.45, 7) is 2.88. The van der Waals surface area contributed by atoms with Gasteiger partial charge in [0.05, 0.1) is 13.0 Å². The molecule has 112 valence electrons. The topological polar surface area (TPSA) is 52.6 Å². The molecule has 0 aromatic heterocycles. The molecule has 0 saturated carbocycles. The maximum atomic E-state index is 11.9. The quantitative estimate of drug-likeness (QED) is 0.759. The lowest BCUT2D eigenvalue weighted by atomic mass is 10.1. The van der Waals surface area contributed by atoms with E-state index in [1.165, 1.54) is 0 Å². The third-order valence-electron chi connectivity index (χ3n) is 3.46. The van der Waals surface area contributed by atoms with Crippen LogP contribution >= 0.6 is 0 Å². The zero-order valence-electron chi connectivity index (χ0n) is 12.7. The molecular formula is C16H26N2O2. The summed E-state index contributed by atoms with van der Waals surface area (Å²) in [6.07, 6.45) is 2.58. The van der Waals surface area contributed by atoms with Crippen LogP contribution in [0.3, 0.4) is 0 Å². The molecule has 2 N–H and O–H groups in total. The van der Waals surface area contributed by atoms with E-state index >= 15 is 0 Å². The number of likely N-dealkylation sites (N-methyl/N-ethyl adjacent to an activating group) is 1. The number of hydrogen-bond donors (Lipinski definition) is 2. The summed E-state index contributed by atoms with van der Waals surface area (Å²) >= 11 is 0. The number of benzene rings is 1. The van der Waals surface area contributed by atoms with Gasteiger partial charge in [0.25, 0.3) is 0 Å². The molecule has 1 aromatic rings. The third kappa shape index (κ3) is 5.72. The Morgan fingerprint density at radius 3 is 2.35 bits per heavy atom. The zero-order valence-corrected chi connectivity index (χ0v) is 12.7. The lowest BCUT2D eigenvalue weighted by molar-refractivity contribution is -0.120. The average molecular weight is 278 g/mol. The highest BCUT2D eigenvalue weighted by atomic mass is 16.3. The van der Waals surface area contributed by atoms with Crippen molar-refractivity contribution in [2.75, 3.05) is 20.6 Å². The van der Waals surface area contributed by atoms with Crippen molar-refractivity contribution in [1.29, 1.82) is 0 Å². The van der Waals surface area contributed by atoms with Crippen molar-refractivity contribution in [2.24, 2.45) is 0 Å². The predicted molar refractivity (Wildman–Crippen MR) is 81.5 cm³/mol. The highest BCUT2D eigenvalue weighted by Crippen LogP contribution is 2.06. The maximum Gasteiger partial charge on any atom is 0.224 e. The molecule has 4 nitrogen and oxygen atoms in total. The van der Waals surface area contributed by atoms with Crippen molar-refractivity contribution in [3.63, 3.8) is 0 Å². The van der Waals surface area contributed by atoms with Gasteiger partial charge in [-0.25, -0.2) is 0 Å². The first-order chi connectivity index (χ1) is 9.56. The van der Waals surface area contributed by atoms with E-state index in [2.05, 4.69) is 17.1 Å². The molecule has 0 aliphatic carbocycles. The summed E-state index contributed by atoms with van der Waals surface area (Å²) in [7, 11) is 4.08. The van der Waals surface area contributed by atoms with Gasteiger partial charge in [0.2, 0.25) is 5.91 Å². The highest BCUT2D eigenvalue weighted by Gasteiger charge is 2.11. The van der Waals surface area contributed by atoms with E-state index in [0.717, 1.165) is 24.0 Å². The monoisotopic (exact) mass is 278 g/mol. The minimum atomic E-state index is 0.0357. The summed E-state index contributed by atoms with van der Waals surface area (Å²) in [4.78, 5) is 14.1. The highest BCUT2D eigenvalue weighted by molar-refractivity contribution is 5.78. The van der Waals surface area contributed by atoms with Crippen molar-refractivity contribution in [3.8, 4) is 0 Å². The van der Waals surface area contributed by atoms with Crippen molar-refractivity contribution in [2.45, 2.75) is 38.8 Å². The van der Waals surface area contributed by atoms with Crippen LogP contribution in [0.4, 0.5) is 0 Å². The molecule has 1 rings (SSSR count). The Balaban J connectivity index is 2.42. The summed E-state index contributed by atoms with van der Waals surface area (Å²) < 4.78 is 0. The standard InChI is InChI=1S/C16H26N2O2/c1-4-5-15(18(2)3)11-17-16(20)10-13-6-8-14(12-19)9-7-13/h6-9,15,19H,4-5,10-12H2,1-3H3,(H,17,20)/t15-/m0/s1. The third-order valence-corrected chi connectivity index (χ3v) is 3.46. The number of rotatable bonds is 8. The van der Waals surface area contributed by atoms with Crippen LogP contribution in [0.25, 0.3) is 0 Å². The molecule has 0 fully saturated rings. The molecule has 0 aliphatic rings. The van der Waals surface area contributed by atoms with Gasteiger partial charge >= 0.3 is 0 Å². The number of hydrogen-bond acceptors (Lipinski definition) is 3. The normalized spacial score (nSPS) is 12.4. The first-order valence-corrected chi connectivity index (χ1v) is 7.18. The second-order valence-electron chi connectivity index (χ2n) is 5.36. The molecule has 1 atom stereocenters. The van der Waals surface area contributed by atoms with Crippen molar-refractivity contribution < 1.29 is 9.90 Å². The summed E-state index contributed by atoms with van der Waals surface area (Å²) in [6, 6.07) is 7.87. The molecule has 20 heavy (non-hydrogen) atoms. The second-order valence-corrected chi connectivity index (χ2v) is 5.36. The summed E-state index contributed by atoms with van der Waals surface area (Å²) in [5.41, 5.74) is 1.83. The average Bonchev–Trinajstić information content (AvgIpc) is 2.44. The van der Waals surface area contributed by atoms with E-state index in [4.69, 9.17) is 5.11 Å². The Labute approximate surface area is 121 Å². The van der Waals surface area contributed by atoms with Crippen LogP contribution in [0.2, 0.25) is 0 Å². The Morgan fingerprint density at radius 2 is 1.85 bits per heavy atom. The van der Waals surface area contributed by atoms with Gasteiger partial charge in [0.1, 0.15) is 0 Å². The van der Waals surface area contributed by atoms with E-state index in [9.17, 15) is 4.79 Å². The minimum Gasteiger partial charge on any atom is -0.392 e. The number of nitrogens with one attached hydrogen (secondary N) is 1. The zero-order chi connectivity index (χ0) is 15.0. The Hall–Kier alpha value is -1.39. The van der Waals surface area contributed by atoms with E-state index < -0.39 is 0 Å². The summed E-state index contributed by atoms with van der Waals surface area (Å²) in [5.74, 6) is 0.0460. The maximum absolute atomic E-state index is 11.9. The van der Waals surface area contributed by atoms with Crippen LogP contribution < -0.4 is 5.32 Å². The van der Waals surface area contributed by atoms with Crippen molar-refractivity contribution in [1.82, 2.24) is 10.2 Å². The fourth-order valence-corrected chi connectivity index (χ4v) is 2.12. The Bertz CT molecular complexity index is 401. The number of carbonyl (C=O) groups excluding carboxylic acids is 1. The van der Waals surface area contributed by atoms with Crippen molar-refractivity contribution >= 4 is 5.91 Å². The lowest BCUT2D eigenvalue weighted by Gasteiger charge is -2.24. The predicted octanol–water partition coefficient (Wildman–Crippen LogP) is 1.57. The van der Waals surface area contributed by atoms with Gasteiger partial charge in [0, 0.05) is 12.6 Å². The largest absolute Gasteiger partial charge is 0.392 e. The molecule has 0 saturated heterocycles. The number of carbonyl (C=O) groups is 1. The number of amides is 1. The van der Waals surface area contributed by atoms with Crippen LogP contribution in [0, 0.1) is 0 Å². The minimum absolute atomic E-state index is 0.0357. The SMILES string of the molecule is CCC[C@@H](CNC(=O)Cc1ccc(CO)cc1)N(C)C. The van der Waals surface area contributed by atoms with Crippen LogP contribution in [0.5, 0.6) is 0 Å². The van der Waals surface area contributed by atoms with Crippen LogP contribution in [0.15, 0.2) is 24.3 Å². The molecule has 0 spiro atoms. The van der Waals surface area contributed by atoms with Gasteiger partial charge in [-0.2, -0.15) is 0 Å². The number of aliphatic hydroxyl groups excluding tert-OH is 1. The molecule has 0 aliphatic heterocycles. The van der Waals surface area contributed by atoms with E-state index in [1.54, 1.807) is 0 Å². The van der Waals surface area contributed by atoms with E-state index in [0.29, 0.717) is 19.0 Å². The van der Waals surface area contributed by atoms with Gasteiger partial charge in [-0.1, -0.05) is 37.6 Å². The Morgan fingerprint density at radius 1 is 1.25 bits per heavy atom. The van der Waals surface area contributed by atoms with Gasteiger partial charge < -0.3 is 15.3 Å². The molecule has 4 heteroatoms. The molecule has 1 aromatic carbocycles. The molecular weight excluding hydrogens is 252 g/mol. The molecule has 0 radical (unpaired) electrons. The Kier molecular flexibility index (Phi) is 7.26. The fourth-order valence-electron chi connectivity index (χ4n) is 2.12. The van der Waals surface area contributed by atoms with Gasteiger partial charge in [0.15, 0.2) is 0 Å². The fraction of sp³-hybridized carbons (Fsp3) is 0.562. The van der Waals surface area contributed by atoms with Gasteiger partial charge in [-0.05, 0) is 31.6 Å². The molecule has 0 unspecified atom stereocenters. The van der Waals surface area contributed by atoms with Crippen LogP contribution in [-0.4, -0.2) is 42.6 Å². The van der Waals surface area contributed by atoms with Crippen LogP contribution in [0.1, 0.15) is 30.9 Å². The van der Waals surface area contributed by atoms with E-state index in [-0.39, 0.29) is 12.5 Å². The van der Waals surface area contributed by atoms with Crippen LogP contribution in [-0.2, 0) is 17.8 Å². The first kappa shape index (κ1) is 16.7. The smallest absolute Gasteiger partial charge is 0.224 e. The lowest BCUT2D eigenvalue weighted by Crippen LogP contribution is -2.40. The number of nitrogens with zero attached hydrogens (tertiary/aromatic N) is 1. The van der Waals surface area contributed by atoms with Gasteiger partial charge in [-0.3, -0.25) is 4.79 Å². The number of aliphatic hydroxyl groups is 1. The van der Waals surface area contributed by atoms with E-state index in [1.807, 2.05) is 38.4 Å². The first-order valence-electron chi connectivity index (χ1n) is 7.18. The second kappa shape index (κ2) is 8.72. The van der Waals surface area contributed by atoms with Gasteiger partial charge in [-0.15, -0.1) is 0 Å². The molecule has 0 heterocycles. The summed E-state index contributed by atoms with van der Waals surface area (Å²) in [5, 5.41) is 12.0. The molecule has 0 bridgehead atoms. The molecule has 1 amide bonds. The van der Waals surface area contributed by atoms with Crippen molar-refractivity contribution in [3.05, 3.63) is 35.4 Å².